The number of alkyl halides is 3. The van der Waals surface area contributed by atoms with Crippen LogP contribution in [0.15, 0.2) is 47.4 Å². The number of carbonyl (C=O) groups excluding carboxylic acids is 1. The van der Waals surface area contributed by atoms with Gasteiger partial charge < -0.3 is 10.1 Å². The maximum atomic E-state index is 13.0. The molecule has 2 aliphatic rings. The molecule has 3 aromatic rings. The van der Waals surface area contributed by atoms with Crippen LogP contribution in [-0.4, -0.2) is 41.9 Å². The lowest BCUT2D eigenvalue weighted by Crippen LogP contribution is -2.32. The Labute approximate surface area is 219 Å². The van der Waals surface area contributed by atoms with Gasteiger partial charge in [-0.15, -0.1) is 0 Å². The van der Waals surface area contributed by atoms with E-state index in [4.69, 9.17) is 4.74 Å². The molecule has 1 N–H and O–H groups in total. The fourth-order valence-electron chi connectivity index (χ4n) is 4.91. The van der Waals surface area contributed by atoms with Crippen molar-refractivity contribution in [1.82, 2.24) is 14.9 Å². The van der Waals surface area contributed by atoms with Crippen LogP contribution in [0.3, 0.4) is 0 Å². The molecule has 0 atom stereocenters. The van der Waals surface area contributed by atoms with E-state index in [1.807, 2.05) is 10.6 Å². The Morgan fingerprint density at radius 3 is 2.34 bits per heavy atom. The number of ether oxygens (including phenoxy) is 1. The molecule has 0 saturated heterocycles. The minimum absolute atomic E-state index is 0.0218. The van der Waals surface area contributed by atoms with Gasteiger partial charge in [0, 0.05) is 18.2 Å². The van der Waals surface area contributed by atoms with Crippen LogP contribution in [0.25, 0.3) is 11.0 Å². The number of sulfone groups is 1. The molecule has 0 unspecified atom stereocenters. The van der Waals surface area contributed by atoms with Gasteiger partial charge in [-0.1, -0.05) is 19.1 Å². The second-order valence-electron chi connectivity index (χ2n) is 10.1. The first-order chi connectivity index (χ1) is 18.0. The largest absolute Gasteiger partial charge is 0.461 e. The van der Waals surface area contributed by atoms with E-state index < -0.39 is 21.9 Å². The summed E-state index contributed by atoms with van der Waals surface area (Å²) in [5.41, 5.74) is 2.61. The predicted octanol–water partition coefficient (Wildman–Crippen LogP) is 5.59. The molecule has 2 saturated carbocycles. The number of aromatic nitrogens is 2. The minimum atomic E-state index is -4.16. The summed E-state index contributed by atoms with van der Waals surface area (Å²) in [5, 5.41) is 2.84. The van der Waals surface area contributed by atoms with Crippen molar-refractivity contribution < 1.29 is 31.1 Å². The number of fused-ring (bicyclic) bond motifs is 1. The molecule has 2 aliphatic carbocycles. The smallest absolute Gasteiger partial charge is 0.391 e. The summed E-state index contributed by atoms with van der Waals surface area (Å²) < 4.78 is 71.2. The zero-order valence-corrected chi connectivity index (χ0v) is 21.8. The zero-order chi connectivity index (χ0) is 27.1. The number of benzene rings is 2. The van der Waals surface area contributed by atoms with Crippen molar-refractivity contribution in [1.29, 1.82) is 0 Å². The number of carbonyl (C=O) groups is 1. The summed E-state index contributed by atoms with van der Waals surface area (Å²) >= 11 is 0. The second kappa shape index (κ2) is 10.2. The van der Waals surface area contributed by atoms with E-state index in [-0.39, 0.29) is 48.1 Å². The van der Waals surface area contributed by atoms with Gasteiger partial charge >= 0.3 is 6.18 Å². The Hall–Kier alpha value is -3.08. The van der Waals surface area contributed by atoms with E-state index in [1.54, 1.807) is 31.2 Å². The quantitative estimate of drug-likeness (QED) is 0.395. The lowest BCUT2D eigenvalue weighted by Gasteiger charge is -2.29. The van der Waals surface area contributed by atoms with Gasteiger partial charge in [0.25, 0.3) is 11.9 Å². The third-order valence-corrected chi connectivity index (χ3v) is 9.11. The molecule has 1 amide bonds. The Balaban J connectivity index is 1.27. The summed E-state index contributed by atoms with van der Waals surface area (Å²) in [5.74, 6) is -1.55. The van der Waals surface area contributed by atoms with Gasteiger partial charge in [-0.25, -0.2) is 8.42 Å². The Morgan fingerprint density at radius 1 is 1.05 bits per heavy atom. The summed E-state index contributed by atoms with van der Waals surface area (Å²) in [6.45, 7) is 1.82. The molecule has 0 aliphatic heterocycles. The predicted molar refractivity (Wildman–Crippen MR) is 136 cm³/mol. The fourth-order valence-corrected chi connectivity index (χ4v) is 5.79. The maximum absolute atomic E-state index is 13.0. The molecule has 1 heterocycles. The number of nitrogens with one attached hydrogen (secondary N) is 1. The first-order valence-corrected chi connectivity index (χ1v) is 14.6. The molecule has 2 aromatic carbocycles. The maximum Gasteiger partial charge on any atom is 0.391 e. The van der Waals surface area contributed by atoms with Crippen LogP contribution in [0.1, 0.15) is 67.4 Å². The SMILES string of the molecule is CCS(=O)(=O)c1ccc(CNC(=O)c2ccc3c(c2)nc(OC2CCC(C(F)(F)F)CC2)n3C2CC2)cc1. The first kappa shape index (κ1) is 26.5. The number of amides is 1. The average Bonchev–Trinajstić information content (AvgIpc) is 3.67. The van der Waals surface area contributed by atoms with Crippen molar-refractivity contribution in [3.05, 3.63) is 53.6 Å². The average molecular weight is 550 g/mol. The summed E-state index contributed by atoms with van der Waals surface area (Å²) in [6.07, 6.45) is -1.76. The molecule has 0 radical (unpaired) electrons. The monoisotopic (exact) mass is 549 g/mol. The third kappa shape index (κ3) is 5.67. The molecule has 0 spiro atoms. The molecule has 0 bridgehead atoms. The molecule has 38 heavy (non-hydrogen) atoms. The molecule has 11 heteroatoms. The Morgan fingerprint density at radius 2 is 1.74 bits per heavy atom. The second-order valence-corrected chi connectivity index (χ2v) is 12.3. The van der Waals surface area contributed by atoms with Gasteiger partial charge in [0.1, 0.15) is 6.10 Å². The summed E-state index contributed by atoms with van der Waals surface area (Å²) in [7, 11) is -3.28. The van der Waals surface area contributed by atoms with E-state index in [0.717, 1.165) is 23.9 Å². The molecular weight excluding hydrogens is 519 g/mol. The van der Waals surface area contributed by atoms with Crippen LogP contribution >= 0.6 is 0 Å². The van der Waals surface area contributed by atoms with Gasteiger partial charge in [-0.05, 0) is 74.4 Å². The highest BCUT2D eigenvalue weighted by Crippen LogP contribution is 2.43. The number of nitrogens with zero attached hydrogens (tertiary/aromatic N) is 2. The van der Waals surface area contributed by atoms with Gasteiger partial charge in [0.15, 0.2) is 9.84 Å². The van der Waals surface area contributed by atoms with Crippen LogP contribution < -0.4 is 10.1 Å². The van der Waals surface area contributed by atoms with E-state index in [2.05, 4.69) is 10.3 Å². The normalized spacial score (nSPS) is 20.4. The number of hydrogen-bond acceptors (Lipinski definition) is 5. The van der Waals surface area contributed by atoms with E-state index in [1.165, 1.54) is 12.1 Å². The molecule has 7 nitrogen and oxygen atoms in total. The van der Waals surface area contributed by atoms with Crippen LogP contribution in [0.2, 0.25) is 0 Å². The van der Waals surface area contributed by atoms with Crippen molar-refractivity contribution in [2.24, 2.45) is 5.92 Å². The van der Waals surface area contributed by atoms with Crippen LogP contribution in [-0.2, 0) is 16.4 Å². The fraction of sp³-hybridized carbons (Fsp3) is 0.481. The van der Waals surface area contributed by atoms with Crippen molar-refractivity contribution in [2.45, 2.75) is 75.2 Å². The van der Waals surface area contributed by atoms with Crippen molar-refractivity contribution in [2.75, 3.05) is 5.75 Å². The third-order valence-electron chi connectivity index (χ3n) is 7.36. The lowest BCUT2D eigenvalue weighted by atomic mass is 9.87. The highest BCUT2D eigenvalue weighted by Gasteiger charge is 2.42. The minimum Gasteiger partial charge on any atom is -0.461 e. The standard InChI is InChI=1S/C27H30F3N3O4S/c1-2-38(35,36)22-12-3-17(4-13-22)16-31-25(34)18-5-14-24-23(15-18)32-26(33(24)20-8-9-20)37-21-10-6-19(7-11-21)27(28,29)30/h3-5,12-15,19-21H,2,6-11,16H2,1H3,(H,31,34). The Bertz CT molecular complexity index is 1420. The van der Waals surface area contributed by atoms with E-state index >= 15 is 0 Å². The summed E-state index contributed by atoms with van der Waals surface area (Å²) in [6, 6.07) is 12.3. The van der Waals surface area contributed by atoms with E-state index in [9.17, 15) is 26.4 Å². The molecule has 204 valence electrons. The number of rotatable bonds is 8. The van der Waals surface area contributed by atoms with Crippen molar-refractivity contribution in [3.8, 4) is 6.01 Å². The van der Waals surface area contributed by atoms with Gasteiger partial charge in [-0.3, -0.25) is 9.36 Å². The topological polar surface area (TPSA) is 90.3 Å². The van der Waals surface area contributed by atoms with Gasteiger partial charge in [0.2, 0.25) is 0 Å². The molecule has 1 aromatic heterocycles. The van der Waals surface area contributed by atoms with Crippen LogP contribution in [0.4, 0.5) is 13.2 Å². The van der Waals surface area contributed by atoms with Crippen molar-refractivity contribution in [3.63, 3.8) is 0 Å². The highest BCUT2D eigenvalue weighted by atomic mass is 32.2. The van der Waals surface area contributed by atoms with Crippen LogP contribution in [0.5, 0.6) is 6.01 Å². The summed E-state index contributed by atoms with van der Waals surface area (Å²) in [4.78, 5) is 17.7. The van der Waals surface area contributed by atoms with Crippen LogP contribution in [0, 0.1) is 5.92 Å². The van der Waals surface area contributed by atoms with Gasteiger partial charge in [-0.2, -0.15) is 18.2 Å². The Kier molecular flexibility index (Phi) is 7.15. The van der Waals surface area contributed by atoms with Crippen molar-refractivity contribution >= 4 is 26.8 Å². The highest BCUT2D eigenvalue weighted by molar-refractivity contribution is 7.91. The number of halogens is 3. The first-order valence-electron chi connectivity index (χ1n) is 12.9. The number of hydrogen-bond donors (Lipinski definition) is 1. The van der Waals surface area contributed by atoms with E-state index in [0.29, 0.717) is 29.9 Å². The number of imidazole rings is 1. The molecular formula is C27H30F3N3O4S. The lowest BCUT2D eigenvalue weighted by molar-refractivity contribution is -0.185. The molecule has 5 rings (SSSR count). The van der Waals surface area contributed by atoms with Gasteiger partial charge in [0.05, 0.1) is 27.6 Å². The molecule has 2 fully saturated rings. The zero-order valence-electron chi connectivity index (χ0n) is 21.0.